The van der Waals surface area contributed by atoms with Crippen molar-refractivity contribution < 1.29 is 19.7 Å². The first-order valence-corrected chi connectivity index (χ1v) is 12.7. The van der Waals surface area contributed by atoms with Crippen LogP contribution in [0.1, 0.15) is 72.1 Å². The molecule has 5 unspecified atom stereocenters. The Morgan fingerprint density at radius 3 is 2.68 bits per heavy atom. The lowest BCUT2D eigenvalue weighted by atomic mass is 9.46. The molecule has 0 amide bonds. The molecule has 4 nitrogen and oxygen atoms in total. The second-order valence-corrected chi connectivity index (χ2v) is 12.3. The second-order valence-electron chi connectivity index (χ2n) is 12.3. The predicted molar refractivity (Wildman–Crippen MR) is 119 cm³/mol. The summed E-state index contributed by atoms with van der Waals surface area (Å²) in [6, 6.07) is 0. The highest BCUT2D eigenvalue weighted by Crippen LogP contribution is 2.70. The summed E-state index contributed by atoms with van der Waals surface area (Å²) < 4.78 is 13.2. The van der Waals surface area contributed by atoms with E-state index in [1.807, 2.05) is 0 Å². The molecule has 2 N–H and O–H groups in total. The van der Waals surface area contributed by atoms with Crippen LogP contribution in [0.4, 0.5) is 0 Å². The monoisotopic (exact) mass is 428 g/mol. The number of rotatable bonds is 0. The molecule has 2 heterocycles. The van der Waals surface area contributed by atoms with Crippen LogP contribution in [-0.4, -0.2) is 40.9 Å². The third-order valence-electron chi connectivity index (χ3n) is 11.2. The smallest absolute Gasteiger partial charge is 0.172 e. The third-order valence-corrected chi connectivity index (χ3v) is 11.2. The zero-order valence-corrected chi connectivity index (χ0v) is 19.5. The number of hydrogen-bond donors (Lipinski definition) is 2. The Balaban J connectivity index is 1.30. The largest absolute Gasteiger partial charge is 0.393 e. The van der Waals surface area contributed by atoms with Crippen LogP contribution in [-0.2, 0) is 9.47 Å². The summed E-state index contributed by atoms with van der Waals surface area (Å²) in [5, 5.41) is 21.4. The SMILES string of the molecule is C=C1CC[C@@]2(OC1)O[C@H]1CC3C4CC=C5C[C@@H](O)C[C@@H](O)[C@]5(C)C4CCC3(C)C1[C@@H]2C. The average Bonchev–Trinajstić information content (AvgIpc) is 3.16. The third kappa shape index (κ3) is 2.62. The van der Waals surface area contributed by atoms with Crippen molar-refractivity contribution in [2.24, 2.45) is 40.4 Å². The standard InChI is InChI=1S/C27H40O4/c1-15-7-10-27(30-14-15)16(2)24-22(31-27)13-21-19-6-5-17-11-18(28)12-23(29)26(17,4)20(19)8-9-25(21,24)3/h5,16,18-24,28-29H,1,6-14H2,2-4H3/t16-,18+,19?,20?,21?,22-,23+,24?,25?,26-,27+/m0/s1. The van der Waals surface area contributed by atoms with Gasteiger partial charge < -0.3 is 19.7 Å². The lowest BCUT2D eigenvalue weighted by molar-refractivity contribution is -0.255. The highest BCUT2D eigenvalue weighted by molar-refractivity contribution is 5.28. The van der Waals surface area contributed by atoms with E-state index >= 15 is 0 Å². The molecule has 1 spiro atoms. The van der Waals surface area contributed by atoms with Gasteiger partial charge in [0.05, 0.1) is 24.9 Å². The van der Waals surface area contributed by atoms with Crippen molar-refractivity contribution in [3.8, 4) is 0 Å². The maximum Gasteiger partial charge on any atom is 0.172 e. The molecular weight excluding hydrogens is 388 g/mol. The van der Waals surface area contributed by atoms with Gasteiger partial charge in [0.25, 0.3) is 0 Å². The number of aliphatic hydroxyl groups is 2. The van der Waals surface area contributed by atoms with E-state index in [-0.39, 0.29) is 16.9 Å². The van der Waals surface area contributed by atoms with Crippen molar-refractivity contribution in [2.45, 2.75) is 96.2 Å². The van der Waals surface area contributed by atoms with E-state index in [0.29, 0.717) is 48.7 Å². The molecule has 0 radical (unpaired) electrons. The van der Waals surface area contributed by atoms with E-state index in [4.69, 9.17) is 9.47 Å². The molecule has 31 heavy (non-hydrogen) atoms. The molecule has 11 atom stereocenters. The van der Waals surface area contributed by atoms with Crippen LogP contribution >= 0.6 is 0 Å². The van der Waals surface area contributed by atoms with Gasteiger partial charge in [-0.15, -0.1) is 0 Å². The maximum atomic E-state index is 11.1. The van der Waals surface area contributed by atoms with E-state index in [9.17, 15) is 10.2 Å². The van der Waals surface area contributed by atoms with Crippen LogP contribution in [0.25, 0.3) is 0 Å². The normalized spacial score (nSPS) is 58.4. The van der Waals surface area contributed by atoms with Gasteiger partial charge in [-0.25, -0.2) is 0 Å². The van der Waals surface area contributed by atoms with E-state index < -0.39 is 11.9 Å². The van der Waals surface area contributed by atoms with Crippen LogP contribution in [0.15, 0.2) is 23.8 Å². The molecule has 172 valence electrons. The summed E-state index contributed by atoms with van der Waals surface area (Å²) >= 11 is 0. The molecule has 2 aliphatic heterocycles. The summed E-state index contributed by atoms with van der Waals surface area (Å²) in [5.74, 6) is 2.35. The minimum absolute atomic E-state index is 0.165. The van der Waals surface area contributed by atoms with Crippen molar-refractivity contribution in [1.29, 1.82) is 0 Å². The van der Waals surface area contributed by atoms with Crippen LogP contribution in [0, 0.1) is 40.4 Å². The summed E-state index contributed by atoms with van der Waals surface area (Å²) in [6.07, 6.45) is 9.75. The summed E-state index contributed by atoms with van der Waals surface area (Å²) in [4.78, 5) is 0. The van der Waals surface area contributed by atoms with Crippen molar-refractivity contribution in [3.05, 3.63) is 23.8 Å². The number of aliphatic hydroxyl groups excluding tert-OH is 2. The fourth-order valence-corrected chi connectivity index (χ4v) is 9.55. The van der Waals surface area contributed by atoms with E-state index in [0.717, 1.165) is 32.1 Å². The van der Waals surface area contributed by atoms with Crippen molar-refractivity contribution in [1.82, 2.24) is 0 Å². The fraction of sp³-hybridized carbons (Fsp3) is 0.852. The Labute approximate surface area is 187 Å². The molecule has 2 saturated heterocycles. The molecule has 0 aromatic heterocycles. The highest BCUT2D eigenvalue weighted by Gasteiger charge is 2.69. The number of hydrogen-bond acceptors (Lipinski definition) is 4. The number of ether oxygens (including phenoxy) is 2. The first-order chi connectivity index (χ1) is 14.7. The van der Waals surface area contributed by atoms with Gasteiger partial charge in [-0.2, -0.15) is 0 Å². The summed E-state index contributed by atoms with van der Waals surface area (Å²) in [5.41, 5.74) is 2.63. The van der Waals surface area contributed by atoms with Gasteiger partial charge in [0.1, 0.15) is 0 Å². The molecule has 0 bridgehead atoms. The molecule has 4 aliphatic carbocycles. The Hall–Kier alpha value is -0.680. The van der Waals surface area contributed by atoms with Gasteiger partial charge in [0.15, 0.2) is 5.79 Å². The zero-order chi connectivity index (χ0) is 21.8. The summed E-state index contributed by atoms with van der Waals surface area (Å²) in [6.45, 7) is 12.0. The molecule has 6 aliphatic rings. The van der Waals surface area contributed by atoms with Gasteiger partial charge in [-0.05, 0) is 67.6 Å². The molecule has 0 aromatic carbocycles. The van der Waals surface area contributed by atoms with Crippen LogP contribution in [0.3, 0.4) is 0 Å². The Morgan fingerprint density at radius 1 is 1.13 bits per heavy atom. The fourth-order valence-electron chi connectivity index (χ4n) is 9.55. The molecular formula is C27H40O4. The summed E-state index contributed by atoms with van der Waals surface area (Å²) in [7, 11) is 0. The van der Waals surface area contributed by atoms with Gasteiger partial charge in [0.2, 0.25) is 0 Å². The lowest BCUT2D eigenvalue weighted by Crippen LogP contribution is -2.56. The van der Waals surface area contributed by atoms with Gasteiger partial charge in [-0.3, -0.25) is 0 Å². The zero-order valence-electron chi connectivity index (χ0n) is 19.5. The second kappa shape index (κ2) is 6.68. The minimum Gasteiger partial charge on any atom is -0.393 e. The van der Waals surface area contributed by atoms with Crippen molar-refractivity contribution >= 4 is 0 Å². The van der Waals surface area contributed by atoms with Gasteiger partial charge in [-0.1, -0.05) is 44.6 Å². The highest BCUT2D eigenvalue weighted by atomic mass is 16.7. The quantitative estimate of drug-likeness (QED) is 0.554. The molecule has 4 heteroatoms. The molecule has 3 saturated carbocycles. The number of fused-ring (bicyclic) bond motifs is 7. The van der Waals surface area contributed by atoms with Crippen molar-refractivity contribution in [2.75, 3.05) is 6.61 Å². The van der Waals surface area contributed by atoms with E-state index in [1.54, 1.807) is 0 Å². The molecule has 6 rings (SSSR count). The lowest BCUT2D eigenvalue weighted by Gasteiger charge is -2.59. The molecule has 5 fully saturated rings. The Kier molecular flexibility index (Phi) is 4.50. The predicted octanol–water partition coefficient (Wildman–Crippen LogP) is 4.60. The first kappa shape index (κ1) is 20.9. The van der Waals surface area contributed by atoms with Gasteiger partial charge in [0, 0.05) is 24.2 Å². The molecule has 0 aromatic rings. The van der Waals surface area contributed by atoms with Gasteiger partial charge >= 0.3 is 0 Å². The topological polar surface area (TPSA) is 58.9 Å². The number of allylic oxidation sites excluding steroid dienone is 1. The average molecular weight is 429 g/mol. The van der Waals surface area contributed by atoms with Crippen molar-refractivity contribution in [3.63, 3.8) is 0 Å². The first-order valence-electron chi connectivity index (χ1n) is 12.7. The van der Waals surface area contributed by atoms with E-state index in [1.165, 1.54) is 24.0 Å². The maximum absolute atomic E-state index is 11.1. The van der Waals surface area contributed by atoms with Crippen LogP contribution < -0.4 is 0 Å². The minimum atomic E-state index is -0.428. The Bertz CT molecular complexity index is 808. The Morgan fingerprint density at radius 2 is 1.94 bits per heavy atom. The van der Waals surface area contributed by atoms with Crippen LogP contribution in [0.5, 0.6) is 0 Å². The van der Waals surface area contributed by atoms with E-state index in [2.05, 4.69) is 33.4 Å². The van der Waals surface area contributed by atoms with Crippen LogP contribution in [0.2, 0.25) is 0 Å².